The van der Waals surface area contributed by atoms with Crippen molar-refractivity contribution in [2.45, 2.75) is 38.9 Å². The highest BCUT2D eigenvalue weighted by Gasteiger charge is 2.43. The zero-order chi connectivity index (χ0) is 21.6. The van der Waals surface area contributed by atoms with Gasteiger partial charge in [-0.2, -0.15) is 0 Å². The van der Waals surface area contributed by atoms with Gasteiger partial charge in [-0.15, -0.1) is 0 Å². The number of nitro benzene ring substituents is 1. The first-order valence-electron chi connectivity index (χ1n) is 10.7. The Kier molecular flexibility index (Phi) is 4.77. The van der Waals surface area contributed by atoms with Gasteiger partial charge < -0.3 is 14.5 Å². The minimum absolute atomic E-state index is 0.0507. The van der Waals surface area contributed by atoms with E-state index < -0.39 is 4.92 Å². The molecule has 0 unspecified atom stereocenters. The van der Waals surface area contributed by atoms with Gasteiger partial charge in [0.1, 0.15) is 5.69 Å². The lowest BCUT2D eigenvalue weighted by Crippen LogP contribution is -2.42. The summed E-state index contributed by atoms with van der Waals surface area (Å²) < 4.78 is 11.2. The lowest BCUT2D eigenvalue weighted by atomic mass is 9.83. The Bertz CT molecular complexity index is 1130. The van der Waals surface area contributed by atoms with Gasteiger partial charge in [-0.05, 0) is 54.2 Å². The molecule has 1 aromatic heterocycles. The third-order valence-corrected chi connectivity index (χ3v) is 6.68. The summed E-state index contributed by atoms with van der Waals surface area (Å²) >= 11 is 0. The smallest absolute Gasteiger partial charge is 0.323 e. The third kappa shape index (κ3) is 3.03. The molecule has 1 spiro atoms. The molecule has 1 fully saturated rings. The number of nitro groups is 1. The van der Waals surface area contributed by atoms with Crippen LogP contribution in [-0.2, 0) is 16.9 Å². The molecule has 1 saturated heterocycles. The maximum Gasteiger partial charge on any atom is 0.323 e. The van der Waals surface area contributed by atoms with E-state index in [1.807, 2.05) is 24.8 Å². The van der Waals surface area contributed by atoms with Crippen molar-refractivity contribution in [1.82, 2.24) is 10.3 Å². The van der Waals surface area contributed by atoms with Crippen molar-refractivity contribution < 1.29 is 14.3 Å². The highest BCUT2D eigenvalue weighted by molar-refractivity contribution is 6.00. The van der Waals surface area contributed by atoms with Crippen LogP contribution in [0.3, 0.4) is 0 Å². The number of anilines is 2. The van der Waals surface area contributed by atoms with Crippen LogP contribution >= 0.6 is 0 Å². The van der Waals surface area contributed by atoms with Gasteiger partial charge in [0.25, 0.3) is 0 Å². The highest BCUT2D eigenvalue weighted by atomic mass is 16.6. The third-order valence-electron chi connectivity index (χ3n) is 6.68. The first-order valence-corrected chi connectivity index (χ1v) is 10.7. The van der Waals surface area contributed by atoms with Crippen molar-refractivity contribution >= 4 is 28.1 Å². The molecule has 0 saturated carbocycles. The van der Waals surface area contributed by atoms with Crippen LogP contribution < -0.4 is 9.80 Å². The van der Waals surface area contributed by atoms with E-state index in [1.54, 1.807) is 0 Å². The van der Waals surface area contributed by atoms with Crippen LogP contribution in [0.15, 0.2) is 35.0 Å². The van der Waals surface area contributed by atoms with Crippen molar-refractivity contribution in [3.05, 3.63) is 51.6 Å². The van der Waals surface area contributed by atoms with E-state index in [0.717, 1.165) is 31.6 Å². The molecule has 5 rings (SSSR count). The van der Waals surface area contributed by atoms with Crippen molar-refractivity contribution in [3.63, 3.8) is 0 Å². The molecule has 3 heterocycles. The number of rotatable bonds is 5. The topological polar surface area (TPSA) is 97.8 Å². The van der Waals surface area contributed by atoms with Gasteiger partial charge in [0.05, 0.1) is 22.8 Å². The number of ether oxygens (including phenoxy) is 1. The monoisotopic (exact) mass is 423 g/mol. The number of aromatic nitrogens is 2. The summed E-state index contributed by atoms with van der Waals surface area (Å²) in [6, 6.07) is 10.3. The van der Waals surface area contributed by atoms with Crippen LogP contribution in [0.4, 0.5) is 17.1 Å². The van der Waals surface area contributed by atoms with Gasteiger partial charge in [-0.1, -0.05) is 24.3 Å². The second-order valence-electron chi connectivity index (χ2n) is 8.08. The normalized spacial score (nSPS) is 17.3. The highest BCUT2D eigenvalue weighted by Crippen LogP contribution is 2.46. The van der Waals surface area contributed by atoms with Gasteiger partial charge in [0.15, 0.2) is 5.52 Å². The van der Waals surface area contributed by atoms with Crippen LogP contribution in [0.5, 0.6) is 0 Å². The molecule has 3 aromatic rings. The molecule has 31 heavy (non-hydrogen) atoms. The van der Waals surface area contributed by atoms with Gasteiger partial charge >= 0.3 is 5.69 Å². The molecule has 0 atom stereocenters. The Hall–Kier alpha value is -3.20. The lowest BCUT2D eigenvalue weighted by Gasteiger charge is -2.40. The Morgan fingerprint density at radius 2 is 1.87 bits per heavy atom. The first-order chi connectivity index (χ1) is 15.1. The fraction of sp³-hybridized carbons (Fsp3) is 0.455. The first kappa shape index (κ1) is 19.7. The summed E-state index contributed by atoms with van der Waals surface area (Å²) in [6.07, 6.45) is 1.68. The second kappa shape index (κ2) is 7.49. The Morgan fingerprint density at radius 1 is 1.16 bits per heavy atom. The van der Waals surface area contributed by atoms with E-state index >= 15 is 0 Å². The number of benzene rings is 2. The molecule has 0 aliphatic carbocycles. The SMILES string of the molecule is CCN(CC)c1cc(N2CCC3(CC2)OCc2ccccc23)c2nonc2c1[N+](=O)[O-]. The van der Waals surface area contributed by atoms with Crippen molar-refractivity contribution in [2.24, 2.45) is 0 Å². The zero-order valence-electron chi connectivity index (χ0n) is 17.7. The fourth-order valence-corrected chi connectivity index (χ4v) is 5.03. The summed E-state index contributed by atoms with van der Waals surface area (Å²) in [5.41, 5.74) is 4.26. The molecule has 162 valence electrons. The predicted octanol–water partition coefficient (Wildman–Crippen LogP) is 4.00. The summed E-state index contributed by atoms with van der Waals surface area (Å²) in [4.78, 5) is 15.7. The number of fused-ring (bicyclic) bond motifs is 3. The standard InChI is InChI=1S/C22H25N5O4/c1-3-25(4-2)18-13-17(19-20(24-31-23-19)21(18)27(28)29)26-11-9-22(10-12-26)16-8-6-5-7-15(16)14-30-22/h5-8,13H,3-4,9-12,14H2,1-2H3. The fourth-order valence-electron chi connectivity index (χ4n) is 5.03. The molecule has 2 aromatic carbocycles. The summed E-state index contributed by atoms with van der Waals surface area (Å²) in [7, 11) is 0. The van der Waals surface area contributed by atoms with E-state index in [-0.39, 0.29) is 16.8 Å². The van der Waals surface area contributed by atoms with Crippen LogP contribution in [-0.4, -0.2) is 41.4 Å². The summed E-state index contributed by atoms with van der Waals surface area (Å²) in [5.74, 6) is 0. The van der Waals surface area contributed by atoms with E-state index in [9.17, 15) is 10.1 Å². The zero-order valence-corrected chi connectivity index (χ0v) is 17.7. The molecule has 0 bridgehead atoms. The largest absolute Gasteiger partial charge is 0.369 e. The molecule has 2 aliphatic rings. The van der Waals surface area contributed by atoms with E-state index in [0.29, 0.717) is 30.9 Å². The van der Waals surface area contributed by atoms with Gasteiger partial charge in [0, 0.05) is 26.2 Å². The molecule has 9 nitrogen and oxygen atoms in total. The average Bonchev–Trinajstić information content (AvgIpc) is 3.40. The molecular formula is C22H25N5O4. The van der Waals surface area contributed by atoms with Gasteiger partial charge in [-0.3, -0.25) is 10.1 Å². The molecule has 9 heteroatoms. The van der Waals surface area contributed by atoms with Crippen molar-refractivity contribution in [2.75, 3.05) is 36.0 Å². The van der Waals surface area contributed by atoms with Gasteiger partial charge in [0.2, 0.25) is 5.52 Å². The number of nitrogens with zero attached hydrogens (tertiary/aromatic N) is 5. The Balaban J connectivity index is 1.53. The Labute approximate surface area is 179 Å². The van der Waals surface area contributed by atoms with E-state index in [4.69, 9.17) is 9.37 Å². The lowest BCUT2D eigenvalue weighted by molar-refractivity contribution is -0.382. The van der Waals surface area contributed by atoms with Crippen molar-refractivity contribution in [1.29, 1.82) is 0 Å². The number of hydrogen-bond acceptors (Lipinski definition) is 8. The molecule has 0 N–H and O–H groups in total. The Morgan fingerprint density at radius 3 is 2.58 bits per heavy atom. The van der Waals surface area contributed by atoms with Crippen LogP contribution in [0, 0.1) is 10.1 Å². The van der Waals surface area contributed by atoms with Crippen LogP contribution in [0.2, 0.25) is 0 Å². The number of hydrogen-bond donors (Lipinski definition) is 0. The van der Waals surface area contributed by atoms with E-state index in [2.05, 4.69) is 39.5 Å². The van der Waals surface area contributed by atoms with Crippen LogP contribution in [0.1, 0.15) is 37.8 Å². The predicted molar refractivity (Wildman–Crippen MR) is 116 cm³/mol. The molecule has 0 amide bonds. The quantitative estimate of drug-likeness (QED) is 0.449. The minimum Gasteiger partial charge on any atom is -0.369 e. The molecule has 0 radical (unpaired) electrons. The van der Waals surface area contributed by atoms with Gasteiger partial charge in [-0.25, -0.2) is 4.63 Å². The second-order valence-corrected chi connectivity index (χ2v) is 8.08. The van der Waals surface area contributed by atoms with Crippen LogP contribution in [0.25, 0.3) is 11.0 Å². The maximum absolute atomic E-state index is 11.9. The van der Waals surface area contributed by atoms with E-state index in [1.165, 1.54) is 11.1 Å². The number of piperidine rings is 1. The van der Waals surface area contributed by atoms with Crippen molar-refractivity contribution in [3.8, 4) is 0 Å². The summed E-state index contributed by atoms with van der Waals surface area (Å²) in [6.45, 7) is 7.44. The maximum atomic E-state index is 11.9. The molecule has 2 aliphatic heterocycles. The minimum atomic E-state index is -0.390. The summed E-state index contributed by atoms with van der Waals surface area (Å²) in [5, 5.41) is 19.8. The average molecular weight is 423 g/mol. The molecular weight excluding hydrogens is 398 g/mol.